The number of hydrogen-bond acceptors (Lipinski definition) is 6. The highest BCUT2D eigenvalue weighted by Gasteiger charge is 2.07. The van der Waals surface area contributed by atoms with Crippen LogP contribution >= 0.6 is 11.6 Å². The van der Waals surface area contributed by atoms with Gasteiger partial charge in [0.05, 0.1) is 17.8 Å². The standard InChI is InChI=1S/C19H22ClN7O2/c1-12-8-13(2)27(26-12)18-10-17(23-11-24-18)21-6-7-22-19(28)25-14-4-5-16(29-3)15(20)9-14/h4-5,8-11H,6-7H2,1-3H3,(H,21,23,24)(H2,22,25,28). The van der Waals surface area contributed by atoms with Crippen LogP contribution in [-0.4, -0.2) is 46.0 Å². The summed E-state index contributed by atoms with van der Waals surface area (Å²) in [5, 5.41) is 13.5. The lowest BCUT2D eigenvalue weighted by Gasteiger charge is -2.11. The van der Waals surface area contributed by atoms with Crippen molar-refractivity contribution in [3.8, 4) is 11.6 Å². The largest absolute Gasteiger partial charge is 0.495 e. The van der Waals surface area contributed by atoms with E-state index in [9.17, 15) is 4.79 Å². The van der Waals surface area contributed by atoms with Gasteiger partial charge in [0.2, 0.25) is 0 Å². The molecule has 3 rings (SSSR count). The normalized spacial score (nSPS) is 10.5. The first-order valence-corrected chi connectivity index (χ1v) is 9.32. The summed E-state index contributed by atoms with van der Waals surface area (Å²) in [4.78, 5) is 20.5. The number of ether oxygens (including phenoxy) is 1. The second-order valence-electron chi connectivity index (χ2n) is 6.26. The number of urea groups is 1. The predicted molar refractivity (Wildman–Crippen MR) is 112 cm³/mol. The van der Waals surface area contributed by atoms with Gasteiger partial charge in [-0.15, -0.1) is 0 Å². The number of anilines is 2. The van der Waals surface area contributed by atoms with Gasteiger partial charge in [-0.05, 0) is 38.1 Å². The van der Waals surface area contributed by atoms with E-state index in [1.165, 1.54) is 13.4 Å². The lowest BCUT2D eigenvalue weighted by Crippen LogP contribution is -2.32. The van der Waals surface area contributed by atoms with Crippen LogP contribution in [0.5, 0.6) is 5.75 Å². The molecule has 10 heteroatoms. The Hall–Kier alpha value is -3.33. The van der Waals surface area contributed by atoms with Crippen molar-refractivity contribution in [2.45, 2.75) is 13.8 Å². The highest BCUT2D eigenvalue weighted by Crippen LogP contribution is 2.27. The lowest BCUT2D eigenvalue weighted by atomic mass is 10.3. The number of hydrogen-bond donors (Lipinski definition) is 3. The number of amides is 2. The van der Waals surface area contributed by atoms with Crippen molar-refractivity contribution in [1.82, 2.24) is 25.1 Å². The molecule has 0 saturated heterocycles. The first-order chi connectivity index (χ1) is 14.0. The zero-order chi connectivity index (χ0) is 20.8. The Morgan fingerprint density at radius 2 is 2.00 bits per heavy atom. The number of nitrogens with one attached hydrogen (secondary N) is 3. The van der Waals surface area contributed by atoms with Crippen LogP contribution in [0.15, 0.2) is 36.7 Å². The molecule has 2 amide bonds. The third kappa shape index (κ3) is 5.35. The van der Waals surface area contributed by atoms with Crippen LogP contribution < -0.4 is 20.7 Å². The van der Waals surface area contributed by atoms with Crippen molar-refractivity contribution in [2.24, 2.45) is 0 Å². The molecule has 9 nitrogen and oxygen atoms in total. The molecule has 0 radical (unpaired) electrons. The number of carbonyl (C=O) groups is 1. The Balaban J connectivity index is 1.48. The van der Waals surface area contributed by atoms with E-state index in [1.54, 1.807) is 28.9 Å². The summed E-state index contributed by atoms with van der Waals surface area (Å²) >= 11 is 6.05. The molecular formula is C19H22ClN7O2. The molecule has 0 unspecified atom stereocenters. The summed E-state index contributed by atoms with van der Waals surface area (Å²) in [5.74, 6) is 1.87. The number of methoxy groups -OCH3 is 1. The van der Waals surface area contributed by atoms with Gasteiger partial charge in [0, 0.05) is 30.5 Å². The minimum atomic E-state index is -0.334. The third-order valence-electron chi connectivity index (χ3n) is 4.01. The molecule has 0 aliphatic carbocycles. The van der Waals surface area contributed by atoms with E-state index in [0.29, 0.717) is 41.2 Å². The Labute approximate surface area is 173 Å². The summed E-state index contributed by atoms with van der Waals surface area (Å²) in [6, 6.07) is 8.48. The van der Waals surface area contributed by atoms with E-state index in [2.05, 4.69) is 31.0 Å². The fourth-order valence-corrected chi connectivity index (χ4v) is 2.96. The van der Waals surface area contributed by atoms with E-state index < -0.39 is 0 Å². The SMILES string of the molecule is COc1ccc(NC(=O)NCCNc2cc(-n3nc(C)cc3C)ncn2)cc1Cl. The topological polar surface area (TPSA) is 106 Å². The van der Waals surface area contributed by atoms with Crippen molar-refractivity contribution < 1.29 is 9.53 Å². The predicted octanol–water partition coefficient (Wildman–Crippen LogP) is 3.17. The minimum absolute atomic E-state index is 0.334. The fourth-order valence-electron chi connectivity index (χ4n) is 2.71. The van der Waals surface area contributed by atoms with Crippen LogP contribution in [0, 0.1) is 13.8 Å². The monoisotopic (exact) mass is 415 g/mol. The van der Waals surface area contributed by atoms with Gasteiger partial charge in [-0.3, -0.25) is 0 Å². The maximum Gasteiger partial charge on any atom is 0.319 e. The molecule has 0 aliphatic heterocycles. The van der Waals surface area contributed by atoms with E-state index in [0.717, 1.165) is 11.4 Å². The number of rotatable bonds is 7. The average Bonchev–Trinajstić information content (AvgIpc) is 3.04. The minimum Gasteiger partial charge on any atom is -0.495 e. The Morgan fingerprint density at radius 1 is 1.17 bits per heavy atom. The van der Waals surface area contributed by atoms with Crippen LogP contribution in [-0.2, 0) is 0 Å². The van der Waals surface area contributed by atoms with Crippen molar-refractivity contribution in [3.05, 3.63) is 53.1 Å². The Kier molecular flexibility index (Phi) is 6.50. The number of aryl methyl sites for hydroxylation is 2. The van der Waals surface area contributed by atoms with Gasteiger partial charge in [0.15, 0.2) is 5.82 Å². The quantitative estimate of drug-likeness (QED) is 0.512. The molecule has 2 heterocycles. The summed E-state index contributed by atoms with van der Waals surface area (Å²) in [6.45, 7) is 4.79. The zero-order valence-corrected chi connectivity index (χ0v) is 17.1. The third-order valence-corrected chi connectivity index (χ3v) is 4.30. The number of carbonyl (C=O) groups excluding carboxylic acids is 1. The van der Waals surface area contributed by atoms with Crippen molar-refractivity contribution in [2.75, 3.05) is 30.8 Å². The Morgan fingerprint density at radius 3 is 2.69 bits per heavy atom. The van der Waals surface area contributed by atoms with Crippen molar-refractivity contribution in [3.63, 3.8) is 0 Å². The maximum atomic E-state index is 12.0. The van der Waals surface area contributed by atoms with Crippen LogP contribution in [0.4, 0.5) is 16.3 Å². The van der Waals surface area contributed by atoms with Crippen molar-refractivity contribution >= 4 is 29.1 Å². The molecule has 0 fully saturated rings. The first-order valence-electron chi connectivity index (χ1n) is 8.94. The van der Waals surface area contributed by atoms with Crippen LogP contribution in [0.1, 0.15) is 11.4 Å². The van der Waals surface area contributed by atoms with Gasteiger partial charge in [-0.1, -0.05) is 11.6 Å². The lowest BCUT2D eigenvalue weighted by molar-refractivity contribution is 0.252. The van der Waals surface area contributed by atoms with Gasteiger partial charge in [0.1, 0.15) is 17.9 Å². The highest BCUT2D eigenvalue weighted by molar-refractivity contribution is 6.32. The van der Waals surface area contributed by atoms with Crippen LogP contribution in [0.25, 0.3) is 5.82 Å². The molecule has 1 aromatic carbocycles. The van der Waals surface area contributed by atoms with E-state index in [1.807, 2.05) is 19.9 Å². The highest BCUT2D eigenvalue weighted by atomic mass is 35.5. The molecule has 2 aromatic heterocycles. The van der Waals surface area contributed by atoms with Gasteiger partial charge in [-0.25, -0.2) is 19.4 Å². The number of halogens is 1. The average molecular weight is 416 g/mol. The second-order valence-corrected chi connectivity index (χ2v) is 6.66. The molecule has 152 valence electrons. The van der Waals surface area contributed by atoms with E-state index >= 15 is 0 Å². The first kappa shape index (κ1) is 20.4. The molecule has 0 bridgehead atoms. The number of benzene rings is 1. The number of aromatic nitrogens is 4. The molecule has 29 heavy (non-hydrogen) atoms. The molecule has 3 N–H and O–H groups in total. The zero-order valence-electron chi connectivity index (χ0n) is 16.4. The van der Waals surface area contributed by atoms with Gasteiger partial charge in [0.25, 0.3) is 0 Å². The summed E-state index contributed by atoms with van der Waals surface area (Å²) in [6.07, 6.45) is 1.47. The number of nitrogens with zero attached hydrogens (tertiary/aromatic N) is 4. The summed E-state index contributed by atoms with van der Waals surface area (Å²) in [7, 11) is 1.53. The summed E-state index contributed by atoms with van der Waals surface area (Å²) < 4.78 is 6.84. The van der Waals surface area contributed by atoms with E-state index in [4.69, 9.17) is 16.3 Å². The molecule has 0 spiro atoms. The molecule has 0 aliphatic rings. The van der Waals surface area contributed by atoms with Gasteiger partial charge < -0.3 is 20.7 Å². The van der Waals surface area contributed by atoms with Gasteiger partial charge in [-0.2, -0.15) is 5.10 Å². The van der Waals surface area contributed by atoms with E-state index in [-0.39, 0.29) is 6.03 Å². The Bertz CT molecular complexity index is 1010. The second kappa shape index (κ2) is 9.24. The maximum absolute atomic E-state index is 12.0. The molecule has 0 saturated carbocycles. The smallest absolute Gasteiger partial charge is 0.319 e. The molecular weight excluding hydrogens is 394 g/mol. The summed E-state index contributed by atoms with van der Waals surface area (Å²) in [5.41, 5.74) is 2.49. The van der Waals surface area contributed by atoms with Crippen LogP contribution in [0.2, 0.25) is 5.02 Å². The fraction of sp³-hybridized carbons (Fsp3) is 0.263. The van der Waals surface area contributed by atoms with Crippen LogP contribution in [0.3, 0.4) is 0 Å². The van der Waals surface area contributed by atoms with Gasteiger partial charge >= 0.3 is 6.03 Å². The molecule has 0 atom stereocenters. The molecule has 3 aromatic rings. The van der Waals surface area contributed by atoms with Crippen molar-refractivity contribution in [1.29, 1.82) is 0 Å².